The van der Waals surface area contributed by atoms with Crippen molar-refractivity contribution >= 4 is 0 Å². The van der Waals surface area contributed by atoms with Crippen LogP contribution in [0, 0.1) is 5.92 Å². The highest BCUT2D eigenvalue weighted by Crippen LogP contribution is 2.38. The molecule has 1 aliphatic heterocycles. The van der Waals surface area contributed by atoms with Crippen molar-refractivity contribution in [3.05, 3.63) is 0 Å². The summed E-state index contributed by atoms with van der Waals surface area (Å²) in [6, 6.07) is 0. The average Bonchev–Trinajstić information content (AvgIpc) is 2.82. The van der Waals surface area contributed by atoms with Gasteiger partial charge in [-0.15, -0.1) is 0 Å². The van der Waals surface area contributed by atoms with Crippen LogP contribution in [0.1, 0.15) is 38.5 Å². The molecule has 2 nitrogen and oxygen atoms in total. The maximum atomic E-state index is 6.08. The van der Waals surface area contributed by atoms with Gasteiger partial charge in [-0.05, 0) is 58.0 Å². The monoisotopic (exact) mass is 182 g/mol. The molecule has 2 heteroatoms. The molecule has 1 heterocycles. The minimum absolute atomic E-state index is 0.274. The van der Waals surface area contributed by atoms with Gasteiger partial charge in [-0.25, -0.2) is 0 Å². The summed E-state index contributed by atoms with van der Waals surface area (Å²) in [4.78, 5) is 2.46. The number of likely N-dealkylation sites (tertiary alicyclic amines) is 1. The van der Waals surface area contributed by atoms with E-state index in [2.05, 4.69) is 11.9 Å². The Kier molecular flexibility index (Phi) is 2.61. The quantitative estimate of drug-likeness (QED) is 0.718. The van der Waals surface area contributed by atoms with E-state index in [0.29, 0.717) is 0 Å². The first-order chi connectivity index (χ1) is 6.18. The lowest BCUT2D eigenvalue weighted by Gasteiger charge is -2.30. The van der Waals surface area contributed by atoms with Crippen LogP contribution >= 0.6 is 0 Å². The Morgan fingerprint density at radius 3 is 2.85 bits per heavy atom. The molecule has 1 saturated carbocycles. The van der Waals surface area contributed by atoms with Gasteiger partial charge in [0.15, 0.2) is 0 Å². The summed E-state index contributed by atoms with van der Waals surface area (Å²) in [6.07, 6.45) is 8.00. The summed E-state index contributed by atoms with van der Waals surface area (Å²) in [5, 5.41) is 0. The molecular weight excluding hydrogens is 160 g/mol. The molecule has 76 valence electrons. The normalized spacial score (nSPS) is 33.2. The van der Waals surface area contributed by atoms with Crippen molar-refractivity contribution in [2.75, 3.05) is 20.1 Å². The Morgan fingerprint density at radius 2 is 2.23 bits per heavy atom. The van der Waals surface area contributed by atoms with Crippen molar-refractivity contribution < 1.29 is 0 Å². The molecule has 1 saturated heterocycles. The second-order valence-corrected chi connectivity index (χ2v) is 5.17. The molecule has 0 radical (unpaired) electrons. The third kappa shape index (κ3) is 2.68. The van der Waals surface area contributed by atoms with Gasteiger partial charge in [0.2, 0.25) is 0 Å². The first-order valence-corrected chi connectivity index (χ1v) is 5.65. The molecule has 0 bridgehead atoms. The van der Waals surface area contributed by atoms with Crippen LogP contribution < -0.4 is 5.73 Å². The zero-order chi connectivity index (χ0) is 9.31. The summed E-state index contributed by atoms with van der Waals surface area (Å²) in [5.74, 6) is 0.930. The lowest BCUT2D eigenvalue weighted by atomic mass is 9.91. The second kappa shape index (κ2) is 3.58. The molecule has 0 aromatic rings. The van der Waals surface area contributed by atoms with E-state index in [0.717, 1.165) is 5.92 Å². The van der Waals surface area contributed by atoms with Crippen LogP contribution in [0.4, 0.5) is 0 Å². The third-order valence-corrected chi connectivity index (χ3v) is 3.66. The van der Waals surface area contributed by atoms with E-state index in [1.807, 2.05) is 0 Å². The average molecular weight is 182 g/mol. The van der Waals surface area contributed by atoms with Gasteiger partial charge in [0.1, 0.15) is 0 Å². The Morgan fingerprint density at radius 1 is 1.46 bits per heavy atom. The van der Waals surface area contributed by atoms with Crippen molar-refractivity contribution in [3.8, 4) is 0 Å². The van der Waals surface area contributed by atoms with Crippen LogP contribution in [0.5, 0.6) is 0 Å². The van der Waals surface area contributed by atoms with Crippen molar-refractivity contribution in [3.63, 3.8) is 0 Å². The standard InChI is InChI=1S/C11H22N2/c1-13-8-2-3-10(9-13)4-5-11(12)6-7-11/h10H,2-9,12H2,1H3. The number of nitrogens with two attached hydrogens (primary N) is 1. The maximum Gasteiger partial charge on any atom is 0.0155 e. The van der Waals surface area contributed by atoms with Crippen LogP contribution in [-0.2, 0) is 0 Å². The van der Waals surface area contributed by atoms with E-state index < -0.39 is 0 Å². The molecule has 2 fully saturated rings. The van der Waals surface area contributed by atoms with E-state index in [9.17, 15) is 0 Å². The largest absolute Gasteiger partial charge is 0.325 e. The molecule has 0 spiro atoms. The van der Waals surface area contributed by atoms with Crippen LogP contribution in [0.25, 0.3) is 0 Å². The SMILES string of the molecule is CN1CCCC(CCC2(N)CC2)C1. The van der Waals surface area contributed by atoms with Gasteiger partial charge in [0.25, 0.3) is 0 Å². The predicted octanol–water partition coefficient (Wildman–Crippen LogP) is 1.60. The van der Waals surface area contributed by atoms with E-state index in [4.69, 9.17) is 5.73 Å². The lowest BCUT2D eigenvalue weighted by Crippen LogP contribution is -2.33. The Balaban J connectivity index is 1.68. The number of rotatable bonds is 3. The van der Waals surface area contributed by atoms with Crippen LogP contribution in [-0.4, -0.2) is 30.6 Å². The molecule has 2 rings (SSSR count). The van der Waals surface area contributed by atoms with E-state index in [-0.39, 0.29) is 5.54 Å². The van der Waals surface area contributed by atoms with Gasteiger partial charge in [-0.2, -0.15) is 0 Å². The van der Waals surface area contributed by atoms with E-state index >= 15 is 0 Å². The van der Waals surface area contributed by atoms with Crippen LogP contribution in [0.15, 0.2) is 0 Å². The topological polar surface area (TPSA) is 29.3 Å². The lowest BCUT2D eigenvalue weighted by molar-refractivity contribution is 0.197. The predicted molar refractivity (Wildman–Crippen MR) is 55.6 cm³/mol. The molecule has 1 unspecified atom stereocenters. The second-order valence-electron chi connectivity index (χ2n) is 5.17. The first kappa shape index (κ1) is 9.47. The van der Waals surface area contributed by atoms with Gasteiger partial charge >= 0.3 is 0 Å². The highest BCUT2D eigenvalue weighted by atomic mass is 15.1. The molecule has 1 atom stereocenters. The van der Waals surface area contributed by atoms with Gasteiger partial charge < -0.3 is 10.6 Å². The summed E-state index contributed by atoms with van der Waals surface area (Å²) in [5.41, 5.74) is 6.36. The highest BCUT2D eigenvalue weighted by molar-refractivity contribution is 4.98. The summed E-state index contributed by atoms with van der Waals surface area (Å²) < 4.78 is 0. The van der Waals surface area contributed by atoms with Gasteiger partial charge in [0.05, 0.1) is 0 Å². The first-order valence-electron chi connectivity index (χ1n) is 5.65. The number of hydrogen-bond donors (Lipinski definition) is 1. The molecule has 1 aliphatic carbocycles. The zero-order valence-electron chi connectivity index (χ0n) is 8.76. The third-order valence-electron chi connectivity index (χ3n) is 3.66. The minimum atomic E-state index is 0.274. The number of piperidine rings is 1. The summed E-state index contributed by atoms with van der Waals surface area (Å²) in [6.45, 7) is 2.60. The Labute approximate surface area is 81.5 Å². The van der Waals surface area contributed by atoms with Crippen LogP contribution in [0.2, 0.25) is 0 Å². The molecule has 0 aromatic carbocycles. The van der Waals surface area contributed by atoms with Gasteiger partial charge in [-0.3, -0.25) is 0 Å². The van der Waals surface area contributed by atoms with E-state index in [1.54, 1.807) is 0 Å². The maximum absolute atomic E-state index is 6.08. The Bertz CT molecular complexity index is 175. The smallest absolute Gasteiger partial charge is 0.0155 e. The Hall–Kier alpha value is -0.0800. The fourth-order valence-corrected chi connectivity index (χ4v) is 2.41. The van der Waals surface area contributed by atoms with E-state index in [1.165, 1.54) is 51.6 Å². The molecule has 2 aliphatic rings. The molecule has 13 heavy (non-hydrogen) atoms. The van der Waals surface area contributed by atoms with Crippen molar-refractivity contribution in [1.82, 2.24) is 4.90 Å². The van der Waals surface area contributed by atoms with Gasteiger partial charge in [0, 0.05) is 12.1 Å². The molecule has 0 aromatic heterocycles. The number of nitrogens with zero attached hydrogens (tertiary/aromatic N) is 1. The highest BCUT2D eigenvalue weighted by Gasteiger charge is 2.38. The fourth-order valence-electron chi connectivity index (χ4n) is 2.41. The van der Waals surface area contributed by atoms with Crippen molar-refractivity contribution in [1.29, 1.82) is 0 Å². The summed E-state index contributed by atoms with van der Waals surface area (Å²) in [7, 11) is 2.24. The summed E-state index contributed by atoms with van der Waals surface area (Å²) >= 11 is 0. The zero-order valence-corrected chi connectivity index (χ0v) is 8.76. The van der Waals surface area contributed by atoms with Crippen LogP contribution in [0.3, 0.4) is 0 Å². The minimum Gasteiger partial charge on any atom is -0.325 e. The fraction of sp³-hybridized carbons (Fsp3) is 1.00. The van der Waals surface area contributed by atoms with Crippen molar-refractivity contribution in [2.24, 2.45) is 11.7 Å². The molecule has 0 amide bonds. The molecule has 2 N–H and O–H groups in total. The molecular formula is C11H22N2. The van der Waals surface area contributed by atoms with Crippen molar-refractivity contribution in [2.45, 2.75) is 44.1 Å². The van der Waals surface area contributed by atoms with Gasteiger partial charge in [-0.1, -0.05) is 0 Å². The number of hydrogen-bond acceptors (Lipinski definition) is 2.